The largest absolute Gasteiger partial charge is 0.368 e. The summed E-state index contributed by atoms with van der Waals surface area (Å²) in [5, 5.41) is 0. The van der Waals surface area contributed by atoms with Gasteiger partial charge in [0, 0.05) is 13.0 Å². The number of carbonyl (C=O) groups is 1. The van der Waals surface area contributed by atoms with Gasteiger partial charge in [-0.15, -0.1) is 0 Å². The van der Waals surface area contributed by atoms with E-state index in [9.17, 15) is 4.79 Å². The SMILES string of the molecule is CCCCCCCCCCCC(=O)N(CCCCCCCCCC)CC1(C)CO1. The molecule has 172 valence electrons. The first-order valence-corrected chi connectivity index (χ1v) is 13.0. The fourth-order valence-corrected chi connectivity index (χ4v) is 4.09. The molecule has 3 nitrogen and oxygen atoms in total. The molecule has 0 aromatic carbocycles. The lowest BCUT2D eigenvalue weighted by atomic mass is 10.1. The average Bonchev–Trinajstić information content (AvgIpc) is 3.44. The Labute approximate surface area is 182 Å². The van der Waals surface area contributed by atoms with Gasteiger partial charge in [-0.1, -0.05) is 110 Å². The van der Waals surface area contributed by atoms with E-state index in [1.165, 1.54) is 96.3 Å². The van der Waals surface area contributed by atoms with E-state index in [0.717, 1.165) is 39.0 Å². The minimum atomic E-state index is -0.0612. The number of epoxide rings is 1. The van der Waals surface area contributed by atoms with E-state index in [2.05, 4.69) is 25.7 Å². The summed E-state index contributed by atoms with van der Waals surface area (Å²) < 4.78 is 5.56. The Balaban J connectivity index is 2.11. The lowest BCUT2D eigenvalue weighted by Gasteiger charge is -2.25. The van der Waals surface area contributed by atoms with Gasteiger partial charge < -0.3 is 9.64 Å². The molecule has 1 heterocycles. The van der Waals surface area contributed by atoms with Crippen LogP contribution in [0.25, 0.3) is 0 Å². The van der Waals surface area contributed by atoms with Crippen LogP contribution in [0, 0.1) is 0 Å². The second kappa shape index (κ2) is 17.1. The first-order chi connectivity index (χ1) is 14.1. The highest BCUT2D eigenvalue weighted by atomic mass is 16.6. The minimum Gasteiger partial charge on any atom is -0.368 e. The minimum absolute atomic E-state index is 0.0612. The highest BCUT2D eigenvalue weighted by molar-refractivity contribution is 5.76. The van der Waals surface area contributed by atoms with Crippen LogP contribution in [0.15, 0.2) is 0 Å². The van der Waals surface area contributed by atoms with Gasteiger partial charge in [-0.05, 0) is 19.8 Å². The fraction of sp³-hybridized carbons (Fsp3) is 0.962. The number of amides is 1. The Bertz CT molecular complexity index is 392. The molecule has 0 aromatic heterocycles. The van der Waals surface area contributed by atoms with Crippen molar-refractivity contribution in [1.29, 1.82) is 0 Å². The van der Waals surface area contributed by atoms with Gasteiger partial charge in [0.25, 0.3) is 0 Å². The normalized spacial score (nSPS) is 18.2. The van der Waals surface area contributed by atoms with E-state index in [0.29, 0.717) is 5.91 Å². The summed E-state index contributed by atoms with van der Waals surface area (Å²) in [6.07, 6.45) is 23.0. The lowest BCUT2D eigenvalue weighted by Crippen LogP contribution is -2.38. The first kappa shape index (κ1) is 26.5. The fourth-order valence-electron chi connectivity index (χ4n) is 4.09. The monoisotopic (exact) mass is 409 g/mol. The third-order valence-electron chi connectivity index (χ3n) is 6.29. The van der Waals surface area contributed by atoms with Gasteiger partial charge in [0.2, 0.25) is 5.91 Å². The second-order valence-corrected chi connectivity index (χ2v) is 9.61. The molecule has 1 amide bonds. The van der Waals surface area contributed by atoms with Crippen LogP contribution in [0.2, 0.25) is 0 Å². The molecule has 0 aliphatic carbocycles. The molecule has 0 spiro atoms. The van der Waals surface area contributed by atoms with E-state index in [1.54, 1.807) is 0 Å². The van der Waals surface area contributed by atoms with Crippen LogP contribution in [0.5, 0.6) is 0 Å². The highest BCUT2D eigenvalue weighted by Crippen LogP contribution is 2.27. The molecule has 1 aliphatic heterocycles. The van der Waals surface area contributed by atoms with Crippen molar-refractivity contribution in [2.75, 3.05) is 19.7 Å². The summed E-state index contributed by atoms with van der Waals surface area (Å²) in [4.78, 5) is 14.9. The Morgan fingerprint density at radius 3 is 1.59 bits per heavy atom. The van der Waals surface area contributed by atoms with Gasteiger partial charge in [0.05, 0.1) is 13.2 Å². The number of rotatable bonds is 21. The van der Waals surface area contributed by atoms with Crippen LogP contribution >= 0.6 is 0 Å². The number of hydrogen-bond acceptors (Lipinski definition) is 2. The van der Waals surface area contributed by atoms with Gasteiger partial charge >= 0.3 is 0 Å². The van der Waals surface area contributed by atoms with E-state index in [4.69, 9.17) is 4.74 Å². The molecule has 1 fully saturated rings. The van der Waals surface area contributed by atoms with Crippen LogP contribution in [-0.4, -0.2) is 36.1 Å². The molecule has 0 saturated carbocycles. The quantitative estimate of drug-likeness (QED) is 0.144. The summed E-state index contributed by atoms with van der Waals surface area (Å²) in [6.45, 7) is 9.20. The Hall–Kier alpha value is -0.570. The molecule has 0 N–H and O–H groups in total. The van der Waals surface area contributed by atoms with Crippen LogP contribution in [0.4, 0.5) is 0 Å². The summed E-state index contributed by atoms with van der Waals surface area (Å²) in [5.41, 5.74) is -0.0612. The molecule has 1 unspecified atom stereocenters. The molecule has 1 saturated heterocycles. The second-order valence-electron chi connectivity index (χ2n) is 9.61. The molecule has 1 atom stereocenters. The third kappa shape index (κ3) is 15.0. The number of hydrogen-bond donors (Lipinski definition) is 0. The van der Waals surface area contributed by atoms with Gasteiger partial charge in [-0.3, -0.25) is 4.79 Å². The summed E-state index contributed by atoms with van der Waals surface area (Å²) >= 11 is 0. The van der Waals surface area contributed by atoms with Crippen molar-refractivity contribution in [2.24, 2.45) is 0 Å². The van der Waals surface area contributed by atoms with Crippen LogP contribution in [-0.2, 0) is 9.53 Å². The molecule has 0 bridgehead atoms. The topological polar surface area (TPSA) is 32.8 Å². The molecule has 0 aromatic rings. The van der Waals surface area contributed by atoms with Crippen molar-refractivity contribution in [3.05, 3.63) is 0 Å². The van der Waals surface area contributed by atoms with Crippen molar-refractivity contribution in [3.8, 4) is 0 Å². The molecule has 29 heavy (non-hydrogen) atoms. The van der Waals surface area contributed by atoms with E-state index in [-0.39, 0.29) is 5.60 Å². The van der Waals surface area contributed by atoms with Crippen LogP contribution in [0.1, 0.15) is 136 Å². The smallest absolute Gasteiger partial charge is 0.222 e. The van der Waals surface area contributed by atoms with Crippen molar-refractivity contribution >= 4 is 5.91 Å². The zero-order valence-electron chi connectivity index (χ0n) is 20.1. The maximum absolute atomic E-state index is 12.8. The Morgan fingerprint density at radius 2 is 1.14 bits per heavy atom. The van der Waals surface area contributed by atoms with E-state index in [1.807, 2.05) is 0 Å². The standard InChI is InChI=1S/C26H51NO2/c1-4-6-8-10-12-14-15-17-19-21-25(28)27(23-26(3)24-29-26)22-20-18-16-13-11-9-7-5-2/h4-24H2,1-3H3. The van der Waals surface area contributed by atoms with E-state index >= 15 is 0 Å². The summed E-state index contributed by atoms with van der Waals surface area (Å²) in [5.74, 6) is 0.354. The van der Waals surface area contributed by atoms with Gasteiger partial charge in [-0.2, -0.15) is 0 Å². The van der Waals surface area contributed by atoms with Gasteiger partial charge in [0.1, 0.15) is 5.60 Å². The van der Waals surface area contributed by atoms with Crippen molar-refractivity contribution in [1.82, 2.24) is 4.90 Å². The van der Waals surface area contributed by atoms with Crippen LogP contribution < -0.4 is 0 Å². The molecule has 1 rings (SSSR count). The summed E-state index contributed by atoms with van der Waals surface area (Å²) in [7, 11) is 0. The molecule has 3 heteroatoms. The lowest BCUT2D eigenvalue weighted by molar-refractivity contribution is -0.132. The first-order valence-electron chi connectivity index (χ1n) is 13.0. The maximum Gasteiger partial charge on any atom is 0.222 e. The maximum atomic E-state index is 12.8. The van der Waals surface area contributed by atoms with E-state index < -0.39 is 0 Å². The third-order valence-corrected chi connectivity index (χ3v) is 6.29. The Morgan fingerprint density at radius 1 is 0.724 bits per heavy atom. The zero-order valence-corrected chi connectivity index (χ0v) is 20.1. The van der Waals surface area contributed by atoms with Crippen LogP contribution in [0.3, 0.4) is 0 Å². The highest BCUT2D eigenvalue weighted by Gasteiger charge is 2.41. The molecule has 0 radical (unpaired) electrons. The number of carbonyl (C=O) groups excluding carboxylic acids is 1. The van der Waals surface area contributed by atoms with Crippen molar-refractivity contribution in [2.45, 2.75) is 142 Å². The van der Waals surface area contributed by atoms with Gasteiger partial charge in [-0.25, -0.2) is 0 Å². The van der Waals surface area contributed by atoms with Crippen molar-refractivity contribution < 1.29 is 9.53 Å². The molecular weight excluding hydrogens is 358 g/mol. The predicted octanol–water partition coefficient (Wildman–Crippen LogP) is 7.67. The molecule has 1 aliphatic rings. The van der Waals surface area contributed by atoms with Gasteiger partial charge in [0.15, 0.2) is 0 Å². The predicted molar refractivity (Wildman–Crippen MR) is 125 cm³/mol. The number of nitrogens with zero attached hydrogens (tertiary/aromatic N) is 1. The number of unbranched alkanes of at least 4 members (excludes halogenated alkanes) is 15. The average molecular weight is 410 g/mol. The van der Waals surface area contributed by atoms with Crippen molar-refractivity contribution in [3.63, 3.8) is 0 Å². The zero-order chi connectivity index (χ0) is 21.2. The number of ether oxygens (including phenoxy) is 1. The Kier molecular flexibility index (Phi) is 15.6. The molecular formula is C26H51NO2. The summed E-state index contributed by atoms with van der Waals surface area (Å²) in [6, 6.07) is 0.